The summed E-state index contributed by atoms with van der Waals surface area (Å²) in [5.74, 6) is -0.736. The molecule has 1 N–H and O–H groups in total. The first-order valence-corrected chi connectivity index (χ1v) is 13.8. The van der Waals surface area contributed by atoms with Gasteiger partial charge in [0.25, 0.3) is 0 Å². The van der Waals surface area contributed by atoms with Crippen molar-refractivity contribution in [3.8, 4) is 5.75 Å². The Balaban J connectivity index is 1.19. The number of nitrogens with zero attached hydrogens (tertiary/aromatic N) is 3. The number of anilines is 1. The zero-order chi connectivity index (χ0) is 27.9. The number of likely N-dealkylation sites (tertiary alicyclic amines) is 2. The van der Waals surface area contributed by atoms with Gasteiger partial charge in [0.2, 0.25) is 5.91 Å². The molecule has 2 aliphatic heterocycles. The predicted octanol–water partition coefficient (Wildman–Crippen LogP) is 5.58. The second-order valence-electron chi connectivity index (χ2n) is 11.0. The fraction of sp³-hybridized carbons (Fsp3) is 0.552. The molecule has 2 heterocycles. The molecule has 0 aliphatic carbocycles. The maximum absolute atomic E-state index is 13.6. The minimum Gasteiger partial charge on any atom is -0.486 e. The number of benzene rings is 2. The van der Waals surface area contributed by atoms with Gasteiger partial charge in [0.05, 0.1) is 11.5 Å². The van der Waals surface area contributed by atoms with Crippen LogP contribution in [0.1, 0.15) is 57.4 Å². The summed E-state index contributed by atoms with van der Waals surface area (Å²) in [6, 6.07) is 9.20. The Kier molecular flexibility index (Phi) is 9.72. The highest BCUT2D eigenvalue weighted by Gasteiger charge is 2.26. The minimum absolute atomic E-state index is 0.0461. The minimum atomic E-state index is -0.818. The Labute approximate surface area is 228 Å². The fourth-order valence-electron chi connectivity index (χ4n) is 5.30. The Bertz CT molecular complexity index is 1150. The standard InChI is InChI=1S/C29H38F2N4O4/c1-20(2)19-39-28-18-24(4-6-27(28)35(37)38)32-23-9-15-34(16-10-23)29(36)11-14-33-12-7-21(8-13-33)22-3-5-25(30)26(31)17-22/h3-6,17-18,20-21,23,32H,7-16,19H2,1-2H3. The molecule has 0 bridgehead atoms. The molecule has 0 spiro atoms. The summed E-state index contributed by atoms with van der Waals surface area (Å²) < 4.78 is 32.5. The molecule has 212 valence electrons. The highest BCUT2D eigenvalue weighted by atomic mass is 19.2. The van der Waals surface area contributed by atoms with Crippen molar-refractivity contribution in [2.45, 2.75) is 57.9 Å². The Hall–Kier alpha value is -3.27. The molecule has 4 rings (SSSR count). The van der Waals surface area contributed by atoms with E-state index in [-0.39, 0.29) is 35.2 Å². The molecule has 0 saturated carbocycles. The molecule has 2 saturated heterocycles. The summed E-state index contributed by atoms with van der Waals surface area (Å²) in [5.41, 5.74) is 1.57. The molecule has 0 aromatic heterocycles. The van der Waals surface area contributed by atoms with E-state index in [1.807, 2.05) is 18.7 Å². The van der Waals surface area contributed by atoms with Crippen LogP contribution in [-0.2, 0) is 4.79 Å². The second kappa shape index (κ2) is 13.2. The maximum atomic E-state index is 13.6. The molecule has 39 heavy (non-hydrogen) atoms. The van der Waals surface area contributed by atoms with Crippen LogP contribution in [0.3, 0.4) is 0 Å². The third kappa shape index (κ3) is 7.88. The number of nitrogens with one attached hydrogen (secondary N) is 1. The van der Waals surface area contributed by atoms with Crippen molar-refractivity contribution in [3.05, 3.63) is 63.7 Å². The van der Waals surface area contributed by atoms with Crippen LogP contribution < -0.4 is 10.1 Å². The van der Waals surface area contributed by atoms with Crippen LogP contribution >= 0.6 is 0 Å². The highest BCUT2D eigenvalue weighted by molar-refractivity contribution is 5.76. The van der Waals surface area contributed by atoms with Gasteiger partial charge >= 0.3 is 5.69 Å². The first kappa shape index (κ1) is 28.7. The number of carbonyl (C=O) groups is 1. The number of nitro groups is 1. The number of amides is 1. The van der Waals surface area contributed by atoms with Crippen LogP contribution in [-0.4, -0.2) is 66.0 Å². The van der Waals surface area contributed by atoms with E-state index >= 15 is 0 Å². The van der Waals surface area contributed by atoms with Crippen LogP contribution in [0.2, 0.25) is 0 Å². The molecule has 10 heteroatoms. The van der Waals surface area contributed by atoms with Crippen molar-refractivity contribution in [2.24, 2.45) is 5.92 Å². The van der Waals surface area contributed by atoms with Crippen molar-refractivity contribution >= 4 is 17.3 Å². The lowest BCUT2D eigenvalue weighted by Gasteiger charge is -2.35. The Morgan fingerprint density at radius 1 is 1.05 bits per heavy atom. The predicted molar refractivity (Wildman–Crippen MR) is 146 cm³/mol. The van der Waals surface area contributed by atoms with E-state index in [1.54, 1.807) is 18.2 Å². The van der Waals surface area contributed by atoms with Crippen LogP contribution in [0.15, 0.2) is 36.4 Å². The maximum Gasteiger partial charge on any atom is 0.311 e. The van der Waals surface area contributed by atoms with E-state index in [9.17, 15) is 23.7 Å². The summed E-state index contributed by atoms with van der Waals surface area (Å²) in [5, 5.41) is 14.8. The number of nitro benzene ring substituents is 1. The van der Waals surface area contributed by atoms with Gasteiger partial charge in [0.15, 0.2) is 17.4 Å². The molecular formula is C29H38F2N4O4. The average Bonchev–Trinajstić information content (AvgIpc) is 2.92. The van der Waals surface area contributed by atoms with E-state index in [2.05, 4.69) is 10.2 Å². The average molecular weight is 545 g/mol. The van der Waals surface area contributed by atoms with Crippen molar-refractivity contribution < 1.29 is 23.2 Å². The van der Waals surface area contributed by atoms with Gasteiger partial charge in [-0.3, -0.25) is 14.9 Å². The molecule has 2 fully saturated rings. The molecule has 0 radical (unpaired) electrons. The summed E-state index contributed by atoms with van der Waals surface area (Å²) in [4.78, 5) is 28.0. The first-order chi connectivity index (χ1) is 18.7. The molecule has 2 aliphatic rings. The van der Waals surface area contributed by atoms with E-state index in [4.69, 9.17) is 4.74 Å². The van der Waals surface area contributed by atoms with Gasteiger partial charge in [-0.1, -0.05) is 19.9 Å². The van der Waals surface area contributed by atoms with Gasteiger partial charge in [0.1, 0.15) is 0 Å². The van der Waals surface area contributed by atoms with Crippen LogP contribution in [0.4, 0.5) is 20.2 Å². The zero-order valence-corrected chi connectivity index (χ0v) is 22.7. The summed E-state index contributed by atoms with van der Waals surface area (Å²) in [6.07, 6.45) is 3.79. The van der Waals surface area contributed by atoms with Crippen molar-refractivity contribution in [1.82, 2.24) is 9.80 Å². The lowest BCUT2D eigenvalue weighted by atomic mass is 9.89. The molecule has 8 nitrogen and oxygen atoms in total. The fourth-order valence-corrected chi connectivity index (χ4v) is 5.30. The normalized spacial score (nSPS) is 17.4. The van der Waals surface area contributed by atoms with E-state index in [1.165, 1.54) is 18.2 Å². The van der Waals surface area contributed by atoms with E-state index in [0.717, 1.165) is 50.0 Å². The van der Waals surface area contributed by atoms with Crippen LogP contribution in [0.5, 0.6) is 5.75 Å². The Morgan fingerprint density at radius 2 is 1.77 bits per heavy atom. The lowest BCUT2D eigenvalue weighted by Crippen LogP contribution is -2.43. The summed E-state index contributed by atoms with van der Waals surface area (Å²) in [7, 11) is 0. The number of carbonyl (C=O) groups excluding carboxylic acids is 1. The second-order valence-corrected chi connectivity index (χ2v) is 11.0. The summed E-state index contributed by atoms with van der Waals surface area (Å²) >= 11 is 0. The van der Waals surface area contributed by atoms with Gasteiger partial charge in [-0.05, 0) is 74.4 Å². The monoisotopic (exact) mass is 544 g/mol. The third-order valence-corrected chi connectivity index (χ3v) is 7.59. The number of piperidine rings is 2. The number of ether oxygens (including phenoxy) is 1. The summed E-state index contributed by atoms with van der Waals surface area (Å²) in [6.45, 7) is 8.08. The van der Waals surface area contributed by atoms with Crippen LogP contribution in [0.25, 0.3) is 0 Å². The van der Waals surface area contributed by atoms with Gasteiger partial charge in [-0.2, -0.15) is 0 Å². The number of hydrogen-bond donors (Lipinski definition) is 1. The van der Waals surface area contributed by atoms with Crippen molar-refractivity contribution in [1.29, 1.82) is 0 Å². The Morgan fingerprint density at radius 3 is 2.41 bits per heavy atom. The largest absolute Gasteiger partial charge is 0.486 e. The van der Waals surface area contributed by atoms with Crippen molar-refractivity contribution in [2.75, 3.05) is 44.6 Å². The number of halogens is 2. The van der Waals surface area contributed by atoms with Crippen molar-refractivity contribution in [3.63, 3.8) is 0 Å². The molecule has 0 atom stereocenters. The first-order valence-electron chi connectivity index (χ1n) is 13.8. The van der Waals surface area contributed by atoms with E-state index in [0.29, 0.717) is 32.7 Å². The molecular weight excluding hydrogens is 506 g/mol. The number of rotatable bonds is 10. The SMILES string of the molecule is CC(C)COc1cc(NC2CCN(C(=O)CCN3CCC(c4ccc(F)c(F)c4)CC3)CC2)ccc1[N+](=O)[O-]. The smallest absolute Gasteiger partial charge is 0.311 e. The molecule has 1 amide bonds. The molecule has 2 aromatic rings. The van der Waals surface area contributed by atoms with E-state index < -0.39 is 16.6 Å². The van der Waals surface area contributed by atoms with Gasteiger partial charge in [0, 0.05) is 49.9 Å². The van der Waals surface area contributed by atoms with Gasteiger partial charge < -0.3 is 19.9 Å². The lowest BCUT2D eigenvalue weighted by molar-refractivity contribution is -0.385. The van der Waals surface area contributed by atoms with Crippen LogP contribution in [0, 0.1) is 27.7 Å². The van der Waals surface area contributed by atoms with Gasteiger partial charge in [-0.25, -0.2) is 8.78 Å². The topological polar surface area (TPSA) is 88.0 Å². The number of hydrogen-bond acceptors (Lipinski definition) is 6. The quantitative estimate of drug-likeness (QED) is 0.310. The third-order valence-electron chi connectivity index (χ3n) is 7.59. The zero-order valence-electron chi connectivity index (χ0n) is 22.7. The molecule has 0 unspecified atom stereocenters. The van der Waals surface area contributed by atoms with Gasteiger partial charge in [-0.15, -0.1) is 0 Å². The molecule has 2 aromatic carbocycles. The highest BCUT2D eigenvalue weighted by Crippen LogP contribution is 2.32.